The Labute approximate surface area is 147 Å². The summed E-state index contributed by atoms with van der Waals surface area (Å²) in [7, 11) is 4.42. The minimum Gasteiger partial charge on any atom is -0.493 e. The molecule has 0 bridgehead atoms. The van der Waals surface area contributed by atoms with E-state index in [0.29, 0.717) is 29.4 Å². The van der Waals surface area contributed by atoms with Crippen molar-refractivity contribution in [1.29, 1.82) is 0 Å². The number of benzene rings is 2. The molecule has 1 atom stereocenters. The van der Waals surface area contributed by atoms with Crippen molar-refractivity contribution >= 4 is 5.97 Å². The van der Waals surface area contributed by atoms with Gasteiger partial charge in [0, 0.05) is 17.7 Å². The van der Waals surface area contributed by atoms with Crippen LogP contribution in [0.3, 0.4) is 0 Å². The zero-order valence-corrected chi connectivity index (χ0v) is 14.7. The third kappa shape index (κ3) is 4.87. The third-order valence-corrected chi connectivity index (χ3v) is 3.77. The van der Waals surface area contributed by atoms with Gasteiger partial charge >= 0.3 is 5.97 Å². The van der Waals surface area contributed by atoms with E-state index in [1.807, 2.05) is 30.3 Å². The summed E-state index contributed by atoms with van der Waals surface area (Å²) >= 11 is 0. The van der Waals surface area contributed by atoms with Gasteiger partial charge in [0.05, 0.1) is 27.8 Å². The molecule has 2 aromatic carbocycles. The Morgan fingerprint density at radius 3 is 2.24 bits per heavy atom. The van der Waals surface area contributed by atoms with Gasteiger partial charge in [0.25, 0.3) is 0 Å². The summed E-state index contributed by atoms with van der Waals surface area (Å²) < 4.78 is 21.3. The van der Waals surface area contributed by atoms with E-state index in [4.69, 9.17) is 24.7 Å². The normalized spacial score (nSPS) is 11.5. The fourth-order valence-corrected chi connectivity index (χ4v) is 2.40. The largest absolute Gasteiger partial charge is 0.493 e. The van der Waals surface area contributed by atoms with Gasteiger partial charge in [0.1, 0.15) is 12.4 Å². The summed E-state index contributed by atoms with van der Waals surface area (Å²) in [5.41, 5.74) is 7.85. The molecule has 0 aliphatic rings. The standard InChI is InChI=1S/C19H23NO5/c1-22-17-9-14(15(20)10-19(21)24-3)16(11-18(17)23-2)25-12-13-7-5-4-6-8-13/h4-9,11,15H,10,12,20H2,1-3H3/t15-/m1/s1. The van der Waals surface area contributed by atoms with Crippen molar-refractivity contribution < 1.29 is 23.7 Å². The third-order valence-electron chi connectivity index (χ3n) is 3.77. The first-order valence-corrected chi connectivity index (χ1v) is 7.84. The molecule has 0 saturated carbocycles. The fourth-order valence-electron chi connectivity index (χ4n) is 2.40. The van der Waals surface area contributed by atoms with E-state index < -0.39 is 12.0 Å². The summed E-state index contributed by atoms with van der Waals surface area (Å²) in [6.07, 6.45) is 0.0354. The highest BCUT2D eigenvalue weighted by atomic mass is 16.5. The number of esters is 1. The molecule has 0 amide bonds. The van der Waals surface area contributed by atoms with Crippen LogP contribution in [-0.2, 0) is 16.1 Å². The van der Waals surface area contributed by atoms with Gasteiger partial charge in [-0.2, -0.15) is 0 Å². The van der Waals surface area contributed by atoms with Crippen molar-refractivity contribution in [3.8, 4) is 17.2 Å². The average Bonchev–Trinajstić information content (AvgIpc) is 2.66. The van der Waals surface area contributed by atoms with E-state index in [2.05, 4.69) is 0 Å². The number of ether oxygens (including phenoxy) is 4. The van der Waals surface area contributed by atoms with Crippen LogP contribution in [0.15, 0.2) is 42.5 Å². The molecule has 0 unspecified atom stereocenters. The van der Waals surface area contributed by atoms with Crippen LogP contribution in [-0.4, -0.2) is 27.3 Å². The van der Waals surface area contributed by atoms with E-state index in [0.717, 1.165) is 5.56 Å². The smallest absolute Gasteiger partial charge is 0.307 e. The van der Waals surface area contributed by atoms with Crippen LogP contribution in [0.1, 0.15) is 23.6 Å². The number of carbonyl (C=O) groups excluding carboxylic acids is 1. The first kappa shape index (κ1) is 18.6. The summed E-state index contributed by atoms with van der Waals surface area (Å²) in [4.78, 5) is 11.6. The molecule has 134 valence electrons. The number of carbonyl (C=O) groups is 1. The first-order valence-electron chi connectivity index (χ1n) is 7.84. The second-order valence-electron chi connectivity index (χ2n) is 5.41. The molecular formula is C19H23NO5. The molecule has 2 aromatic rings. The van der Waals surface area contributed by atoms with E-state index in [1.165, 1.54) is 14.2 Å². The monoisotopic (exact) mass is 345 g/mol. The van der Waals surface area contributed by atoms with Gasteiger partial charge in [0.15, 0.2) is 11.5 Å². The highest BCUT2D eigenvalue weighted by Crippen LogP contribution is 2.38. The molecular weight excluding hydrogens is 322 g/mol. The molecule has 0 spiro atoms. The van der Waals surface area contributed by atoms with Crippen LogP contribution in [0.2, 0.25) is 0 Å². The number of rotatable bonds is 8. The summed E-state index contributed by atoms with van der Waals surface area (Å²) in [6.45, 7) is 0.369. The molecule has 6 heteroatoms. The molecule has 2 rings (SSSR count). The minimum atomic E-state index is -0.585. The van der Waals surface area contributed by atoms with Gasteiger partial charge < -0.3 is 24.7 Å². The zero-order chi connectivity index (χ0) is 18.2. The van der Waals surface area contributed by atoms with Crippen LogP contribution in [0, 0.1) is 0 Å². The van der Waals surface area contributed by atoms with Crippen LogP contribution in [0.25, 0.3) is 0 Å². The summed E-state index contributed by atoms with van der Waals surface area (Å²) in [6, 6.07) is 12.6. The minimum absolute atomic E-state index is 0.0354. The zero-order valence-electron chi connectivity index (χ0n) is 14.7. The number of hydrogen-bond donors (Lipinski definition) is 1. The van der Waals surface area contributed by atoms with Gasteiger partial charge in [-0.1, -0.05) is 30.3 Å². The Kier molecular flexibility index (Phi) is 6.65. The highest BCUT2D eigenvalue weighted by Gasteiger charge is 2.20. The molecule has 2 N–H and O–H groups in total. The maximum atomic E-state index is 11.6. The quantitative estimate of drug-likeness (QED) is 0.741. The summed E-state index contributed by atoms with van der Waals surface area (Å²) in [5, 5.41) is 0. The van der Waals surface area contributed by atoms with Crippen LogP contribution < -0.4 is 19.9 Å². The Balaban J connectivity index is 2.31. The second-order valence-corrected chi connectivity index (χ2v) is 5.41. The molecule has 0 saturated heterocycles. The lowest BCUT2D eigenvalue weighted by Gasteiger charge is -2.19. The average molecular weight is 345 g/mol. The van der Waals surface area contributed by atoms with E-state index in [9.17, 15) is 4.79 Å². The molecule has 0 heterocycles. The van der Waals surface area contributed by atoms with Crippen LogP contribution >= 0.6 is 0 Å². The first-order chi connectivity index (χ1) is 12.1. The van der Waals surface area contributed by atoms with Crippen molar-refractivity contribution in [2.24, 2.45) is 5.73 Å². The molecule has 0 aliphatic carbocycles. The Hall–Kier alpha value is -2.73. The number of nitrogens with two attached hydrogens (primary N) is 1. The molecule has 6 nitrogen and oxygen atoms in total. The lowest BCUT2D eigenvalue weighted by Crippen LogP contribution is -2.17. The summed E-state index contributed by atoms with van der Waals surface area (Å²) in [5.74, 6) is 1.19. The van der Waals surface area contributed by atoms with Crippen molar-refractivity contribution in [1.82, 2.24) is 0 Å². The lowest BCUT2D eigenvalue weighted by atomic mass is 10.0. The Morgan fingerprint density at radius 2 is 1.64 bits per heavy atom. The SMILES string of the molecule is COC(=O)C[C@@H](N)c1cc(OC)c(OC)cc1OCc1ccccc1. The molecule has 25 heavy (non-hydrogen) atoms. The number of hydrogen-bond acceptors (Lipinski definition) is 6. The van der Waals surface area contributed by atoms with Crippen LogP contribution in [0.4, 0.5) is 0 Å². The predicted octanol–water partition coefficient (Wildman–Crippen LogP) is 2.85. The fraction of sp³-hybridized carbons (Fsp3) is 0.316. The van der Waals surface area contributed by atoms with Crippen molar-refractivity contribution in [3.05, 3.63) is 53.6 Å². The van der Waals surface area contributed by atoms with Crippen molar-refractivity contribution in [2.75, 3.05) is 21.3 Å². The van der Waals surface area contributed by atoms with Gasteiger partial charge in [-0.15, -0.1) is 0 Å². The predicted molar refractivity (Wildman–Crippen MR) is 93.9 cm³/mol. The molecule has 0 aromatic heterocycles. The lowest BCUT2D eigenvalue weighted by molar-refractivity contribution is -0.141. The van der Waals surface area contributed by atoms with Crippen molar-refractivity contribution in [3.63, 3.8) is 0 Å². The van der Waals surface area contributed by atoms with Gasteiger partial charge in [-0.25, -0.2) is 0 Å². The van der Waals surface area contributed by atoms with Crippen molar-refractivity contribution in [2.45, 2.75) is 19.1 Å². The Bertz CT molecular complexity index is 702. The van der Waals surface area contributed by atoms with Gasteiger partial charge in [-0.3, -0.25) is 4.79 Å². The second kappa shape index (κ2) is 8.94. The molecule has 0 fully saturated rings. The van der Waals surface area contributed by atoms with Gasteiger partial charge in [-0.05, 0) is 11.6 Å². The highest BCUT2D eigenvalue weighted by molar-refractivity contribution is 5.70. The van der Waals surface area contributed by atoms with E-state index in [1.54, 1.807) is 19.2 Å². The van der Waals surface area contributed by atoms with E-state index >= 15 is 0 Å². The topological polar surface area (TPSA) is 80.0 Å². The van der Waals surface area contributed by atoms with E-state index in [-0.39, 0.29) is 6.42 Å². The molecule has 0 radical (unpaired) electrons. The maximum absolute atomic E-state index is 11.6. The maximum Gasteiger partial charge on any atom is 0.307 e. The molecule has 0 aliphatic heterocycles. The van der Waals surface area contributed by atoms with Gasteiger partial charge in [0.2, 0.25) is 0 Å². The number of methoxy groups -OCH3 is 3. The van der Waals surface area contributed by atoms with Crippen LogP contribution in [0.5, 0.6) is 17.2 Å². The Morgan fingerprint density at radius 1 is 1.00 bits per heavy atom.